The fourth-order valence-corrected chi connectivity index (χ4v) is 3.52. The molecule has 0 aromatic heterocycles. The largest absolute Gasteiger partial charge is 0.496 e. The molecule has 0 spiro atoms. The van der Waals surface area contributed by atoms with Gasteiger partial charge in [-0.15, -0.1) is 0 Å². The number of rotatable bonds is 5. The van der Waals surface area contributed by atoms with Crippen LogP contribution in [0, 0.1) is 6.92 Å². The summed E-state index contributed by atoms with van der Waals surface area (Å²) >= 11 is 0. The first-order valence-corrected chi connectivity index (χ1v) is 10.3. The molecule has 3 aromatic rings. The molecule has 0 radical (unpaired) electrons. The van der Waals surface area contributed by atoms with Crippen molar-refractivity contribution in [3.05, 3.63) is 71.8 Å². The SMILES string of the molecule is COc1cc(-c2ccc(-c3ccc(N=NC(C)N)cc3C)cc2)ccc1C(C)(C)C. The van der Waals surface area contributed by atoms with E-state index in [2.05, 4.69) is 86.5 Å². The van der Waals surface area contributed by atoms with E-state index < -0.39 is 0 Å². The van der Waals surface area contributed by atoms with E-state index in [1.807, 2.05) is 12.1 Å². The van der Waals surface area contributed by atoms with Gasteiger partial charge in [0.2, 0.25) is 0 Å². The number of benzene rings is 3. The molecule has 1 atom stereocenters. The highest BCUT2D eigenvalue weighted by atomic mass is 16.5. The Morgan fingerprint density at radius 1 is 0.867 bits per heavy atom. The summed E-state index contributed by atoms with van der Waals surface area (Å²) in [5.74, 6) is 0.927. The lowest BCUT2D eigenvalue weighted by atomic mass is 9.85. The van der Waals surface area contributed by atoms with Crippen molar-refractivity contribution in [2.24, 2.45) is 16.0 Å². The first kappa shape index (κ1) is 21.7. The number of ether oxygens (including phenoxy) is 1. The number of aryl methyl sites for hydroxylation is 1. The Labute approximate surface area is 179 Å². The number of nitrogens with zero attached hydrogens (tertiary/aromatic N) is 2. The van der Waals surface area contributed by atoms with Crippen molar-refractivity contribution >= 4 is 5.69 Å². The molecule has 1 unspecified atom stereocenters. The van der Waals surface area contributed by atoms with Gasteiger partial charge in [0.25, 0.3) is 0 Å². The van der Waals surface area contributed by atoms with Gasteiger partial charge in [-0.2, -0.15) is 10.2 Å². The van der Waals surface area contributed by atoms with Crippen molar-refractivity contribution in [1.82, 2.24) is 0 Å². The second kappa shape index (κ2) is 8.80. The quantitative estimate of drug-likeness (QED) is 0.467. The monoisotopic (exact) mass is 401 g/mol. The third-order valence-corrected chi connectivity index (χ3v) is 5.10. The standard InChI is InChI=1S/C26H31N3O/c1-17-15-22(29-28-18(2)27)12-13-23(17)20-9-7-19(8-10-20)21-11-14-24(26(3,4)5)25(16-21)30-6/h7-16,18H,27H2,1-6H3. The molecule has 0 aliphatic carbocycles. The van der Waals surface area contributed by atoms with E-state index >= 15 is 0 Å². The molecule has 0 aliphatic rings. The number of azo groups is 1. The third kappa shape index (κ3) is 4.95. The second-order valence-electron chi connectivity index (χ2n) is 8.70. The Balaban J connectivity index is 1.88. The van der Waals surface area contributed by atoms with Crippen molar-refractivity contribution in [3.8, 4) is 28.0 Å². The predicted octanol–water partition coefficient (Wildman–Crippen LogP) is 7.02. The minimum Gasteiger partial charge on any atom is -0.496 e. The summed E-state index contributed by atoms with van der Waals surface area (Å²) in [7, 11) is 1.73. The van der Waals surface area contributed by atoms with Gasteiger partial charge in [0.1, 0.15) is 11.9 Å². The molecule has 156 valence electrons. The molecule has 3 aromatic carbocycles. The fraction of sp³-hybridized carbons (Fsp3) is 0.308. The maximum Gasteiger partial charge on any atom is 0.123 e. The van der Waals surface area contributed by atoms with E-state index in [0.717, 1.165) is 28.1 Å². The summed E-state index contributed by atoms with van der Waals surface area (Å²) in [4.78, 5) is 0. The highest BCUT2D eigenvalue weighted by Gasteiger charge is 2.19. The molecular weight excluding hydrogens is 370 g/mol. The molecule has 3 rings (SSSR count). The van der Waals surface area contributed by atoms with Crippen LogP contribution in [0.4, 0.5) is 5.69 Å². The van der Waals surface area contributed by atoms with Crippen LogP contribution in [0.3, 0.4) is 0 Å². The summed E-state index contributed by atoms with van der Waals surface area (Å²) in [6.07, 6.45) is -0.298. The number of hydrogen-bond donors (Lipinski definition) is 1. The zero-order valence-electron chi connectivity index (χ0n) is 18.7. The summed E-state index contributed by atoms with van der Waals surface area (Å²) in [5.41, 5.74) is 13.5. The van der Waals surface area contributed by atoms with Crippen LogP contribution in [0.2, 0.25) is 0 Å². The van der Waals surface area contributed by atoms with Gasteiger partial charge in [0.15, 0.2) is 0 Å². The normalized spacial score (nSPS) is 12.9. The van der Waals surface area contributed by atoms with E-state index in [-0.39, 0.29) is 11.6 Å². The maximum absolute atomic E-state index is 5.66. The molecule has 0 saturated carbocycles. The van der Waals surface area contributed by atoms with Crippen molar-refractivity contribution in [3.63, 3.8) is 0 Å². The molecular formula is C26H31N3O. The summed E-state index contributed by atoms with van der Waals surface area (Å²) in [6, 6.07) is 21.2. The van der Waals surface area contributed by atoms with Crippen molar-refractivity contribution in [2.45, 2.75) is 46.2 Å². The second-order valence-corrected chi connectivity index (χ2v) is 8.70. The van der Waals surface area contributed by atoms with E-state index in [9.17, 15) is 0 Å². The molecule has 0 fully saturated rings. The van der Waals surface area contributed by atoms with Crippen LogP contribution in [0.1, 0.15) is 38.8 Å². The summed E-state index contributed by atoms with van der Waals surface area (Å²) < 4.78 is 5.66. The molecule has 4 heteroatoms. The summed E-state index contributed by atoms with van der Waals surface area (Å²) in [6.45, 7) is 10.5. The smallest absolute Gasteiger partial charge is 0.123 e. The highest BCUT2D eigenvalue weighted by molar-refractivity contribution is 5.74. The van der Waals surface area contributed by atoms with E-state index in [1.54, 1.807) is 14.0 Å². The van der Waals surface area contributed by atoms with Gasteiger partial charge < -0.3 is 10.5 Å². The molecule has 0 saturated heterocycles. The minimum atomic E-state index is -0.298. The van der Waals surface area contributed by atoms with Gasteiger partial charge in [0.05, 0.1) is 12.8 Å². The maximum atomic E-state index is 5.66. The molecule has 30 heavy (non-hydrogen) atoms. The van der Waals surface area contributed by atoms with Crippen LogP contribution < -0.4 is 10.5 Å². The van der Waals surface area contributed by atoms with E-state index in [4.69, 9.17) is 10.5 Å². The highest BCUT2D eigenvalue weighted by Crippen LogP contribution is 2.35. The Morgan fingerprint density at radius 3 is 2.07 bits per heavy atom. The van der Waals surface area contributed by atoms with Crippen LogP contribution >= 0.6 is 0 Å². The first-order valence-electron chi connectivity index (χ1n) is 10.3. The molecule has 0 aliphatic heterocycles. The Bertz CT molecular complexity index is 1040. The fourth-order valence-electron chi connectivity index (χ4n) is 3.52. The minimum absolute atomic E-state index is 0.0409. The lowest BCUT2D eigenvalue weighted by Gasteiger charge is -2.22. The van der Waals surface area contributed by atoms with Gasteiger partial charge in [-0.1, -0.05) is 63.2 Å². The predicted molar refractivity (Wildman–Crippen MR) is 125 cm³/mol. The molecule has 0 amide bonds. The first-order chi connectivity index (χ1) is 14.2. The zero-order valence-corrected chi connectivity index (χ0v) is 18.7. The summed E-state index contributed by atoms with van der Waals surface area (Å²) in [5, 5.41) is 8.20. The van der Waals surface area contributed by atoms with E-state index in [0.29, 0.717) is 0 Å². The average molecular weight is 402 g/mol. The van der Waals surface area contributed by atoms with Crippen LogP contribution in [0.5, 0.6) is 5.75 Å². The zero-order chi connectivity index (χ0) is 21.9. The topological polar surface area (TPSA) is 60.0 Å². The van der Waals surface area contributed by atoms with Crippen LogP contribution in [0.25, 0.3) is 22.3 Å². The lowest BCUT2D eigenvalue weighted by molar-refractivity contribution is 0.398. The van der Waals surface area contributed by atoms with Gasteiger partial charge >= 0.3 is 0 Å². The lowest BCUT2D eigenvalue weighted by Crippen LogP contribution is -2.12. The number of nitrogens with two attached hydrogens (primary N) is 1. The van der Waals surface area contributed by atoms with Crippen molar-refractivity contribution in [1.29, 1.82) is 0 Å². The van der Waals surface area contributed by atoms with Crippen molar-refractivity contribution < 1.29 is 4.74 Å². The van der Waals surface area contributed by atoms with Gasteiger partial charge in [-0.05, 0) is 70.8 Å². The van der Waals surface area contributed by atoms with Gasteiger partial charge in [-0.3, -0.25) is 0 Å². The van der Waals surface area contributed by atoms with Crippen LogP contribution in [-0.4, -0.2) is 13.3 Å². The molecule has 0 heterocycles. The average Bonchev–Trinajstić information content (AvgIpc) is 2.71. The van der Waals surface area contributed by atoms with Crippen molar-refractivity contribution in [2.75, 3.05) is 7.11 Å². The third-order valence-electron chi connectivity index (χ3n) is 5.10. The Morgan fingerprint density at radius 2 is 1.50 bits per heavy atom. The Hall–Kier alpha value is -2.98. The van der Waals surface area contributed by atoms with Crippen LogP contribution in [-0.2, 0) is 5.41 Å². The molecule has 0 bridgehead atoms. The number of methoxy groups -OCH3 is 1. The van der Waals surface area contributed by atoms with Crippen LogP contribution in [0.15, 0.2) is 70.9 Å². The van der Waals surface area contributed by atoms with E-state index in [1.165, 1.54) is 16.7 Å². The van der Waals surface area contributed by atoms with Gasteiger partial charge in [0, 0.05) is 0 Å². The molecule has 4 nitrogen and oxygen atoms in total. The Kier molecular flexibility index (Phi) is 6.37. The van der Waals surface area contributed by atoms with Gasteiger partial charge in [-0.25, -0.2) is 0 Å². The number of hydrogen-bond acceptors (Lipinski definition) is 4. The molecule has 2 N–H and O–H groups in total.